The normalized spacial score (nSPS) is 32.4. The SMILES string of the molecule is CCCCCCC1(C)C(C)(SSCC)CC1(CSSCC)SS(=O)CC. The van der Waals surface area contributed by atoms with E-state index in [0.29, 0.717) is 4.75 Å². The number of hydrogen-bond donors (Lipinski definition) is 0. The van der Waals surface area contributed by atoms with Crippen molar-refractivity contribution in [2.24, 2.45) is 5.41 Å². The fraction of sp³-hybridized carbons (Fsp3) is 1.00. The van der Waals surface area contributed by atoms with Crippen LogP contribution in [-0.2, 0) is 9.83 Å². The van der Waals surface area contributed by atoms with E-state index in [1.807, 2.05) is 32.4 Å². The summed E-state index contributed by atoms with van der Waals surface area (Å²) in [7, 11) is 9.12. The van der Waals surface area contributed by atoms with E-state index in [4.69, 9.17) is 0 Å². The van der Waals surface area contributed by atoms with Gasteiger partial charge in [0, 0.05) is 32.5 Å². The van der Waals surface area contributed by atoms with E-state index in [-0.39, 0.29) is 10.2 Å². The van der Waals surface area contributed by atoms with E-state index in [1.54, 1.807) is 10.8 Å². The first-order chi connectivity index (χ1) is 12.3. The first kappa shape index (κ1) is 25.9. The third kappa shape index (κ3) is 6.20. The van der Waals surface area contributed by atoms with Crippen molar-refractivity contribution in [3.8, 4) is 0 Å². The van der Waals surface area contributed by atoms with Crippen LogP contribution >= 0.6 is 54.0 Å². The second-order valence-corrected chi connectivity index (χ2v) is 17.0. The van der Waals surface area contributed by atoms with Crippen molar-refractivity contribution in [2.75, 3.05) is 23.0 Å². The van der Waals surface area contributed by atoms with Crippen molar-refractivity contribution in [2.45, 2.75) is 89.6 Å². The first-order valence-corrected chi connectivity index (χ1v) is 17.4. The molecule has 0 aromatic carbocycles. The van der Waals surface area contributed by atoms with Crippen molar-refractivity contribution in [3.05, 3.63) is 0 Å². The summed E-state index contributed by atoms with van der Waals surface area (Å²) < 4.78 is 13.0. The quantitative estimate of drug-likeness (QED) is 0.175. The Morgan fingerprint density at radius 2 is 1.62 bits per heavy atom. The highest BCUT2D eigenvalue weighted by molar-refractivity contribution is 8.77. The van der Waals surface area contributed by atoms with Gasteiger partial charge < -0.3 is 0 Å². The van der Waals surface area contributed by atoms with Gasteiger partial charge in [-0.25, -0.2) is 4.21 Å². The lowest BCUT2D eigenvalue weighted by molar-refractivity contribution is 0.0382. The zero-order chi connectivity index (χ0) is 19.7. The van der Waals surface area contributed by atoms with E-state index in [9.17, 15) is 4.21 Å². The van der Waals surface area contributed by atoms with Crippen LogP contribution in [0.15, 0.2) is 0 Å². The third-order valence-corrected chi connectivity index (χ3v) is 15.8. The van der Waals surface area contributed by atoms with Crippen LogP contribution in [0.5, 0.6) is 0 Å². The Morgan fingerprint density at radius 3 is 2.19 bits per heavy atom. The topological polar surface area (TPSA) is 17.1 Å². The maximum Gasteiger partial charge on any atom is 0.0807 e. The van der Waals surface area contributed by atoms with Crippen LogP contribution in [0.1, 0.15) is 80.1 Å². The van der Waals surface area contributed by atoms with Crippen LogP contribution in [0.25, 0.3) is 0 Å². The van der Waals surface area contributed by atoms with Crippen LogP contribution < -0.4 is 0 Å². The molecule has 1 aliphatic carbocycles. The van der Waals surface area contributed by atoms with Gasteiger partial charge in [-0.1, -0.05) is 114 Å². The largest absolute Gasteiger partial charge is 0.248 e. The molecule has 1 rings (SSSR count). The minimum absolute atomic E-state index is 0.156. The van der Waals surface area contributed by atoms with Crippen molar-refractivity contribution >= 4 is 63.8 Å². The molecule has 0 aromatic heterocycles. The first-order valence-electron chi connectivity index (χ1n) is 9.97. The molecule has 0 spiro atoms. The summed E-state index contributed by atoms with van der Waals surface area (Å²) in [5, 5.41) is 0. The van der Waals surface area contributed by atoms with E-state index >= 15 is 0 Å². The van der Waals surface area contributed by atoms with Crippen molar-refractivity contribution in [3.63, 3.8) is 0 Å². The lowest BCUT2D eigenvalue weighted by atomic mass is 9.51. The molecule has 1 saturated carbocycles. The van der Waals surface area contributed by atoms with Gasteiger partial charge in [-0.2, -0.15) is 0 Å². The number of hydrogen-bond acceptors (Lipinski definition) is 6. The van der Waals surface area contributed by atoms with Gasteiger partial charge in [0.05, 0.1) is 9.83 Å². The molecule has 4 unspecified atom stereocenters. The smallest absolute Gasteiger partial charge is 0.0807 e. The molecule has 0 saturated heterocycles. The fourth-order valence-corrected chi connectivity index (χ4v) is 13.7. The molecule has 0 N–H and O–H groups in total. The van der Waals surface area contributed by atoms with Gasteiger partial charge in [0.1, 0.15) is 0 Å². The minimum atomic E-state index is -0.767. The second-order valence-electron chi connectivity index (χ2n) is 7.38. The summed E-state index contributed by atoms with van der Waals surface area (Å²) in [5.41, 5.74) is 0.247. The highest BCUT2D eigenvalue weighted by atomic mass is 33.1. The molecule has 26 heavy (non-hydrogen) atoms. The Labute approximate surface area is 184 Å². The molecule has 7 heteroatoms. The molecule has 0 bridgehead atoms. The summed E-state index contributed by atoms with van der Waals surface area (Å²) in [6.45, 7) is 13.8. The Hall–Kier alpha value is 1.90. The van der Waals surface area contributed by atoms with Crippen LogP contribution in [-0.4, -0.2) is 36.7 Å². The Balaban J connectivity index is 3.03. The molecule has 0 amide bonds. The van der Waals surface area contributed by atoms with Gasteiger partial charge in [0.15, 0.2) is 0 Å². The van der Waals surface area contributed by atoms with E-state index < -0.39 is 9.83 Å². The fourth-order valence-electron chi connectivity index (χ4n) is 3.83. The van der Waals surface area contributed by atoms with Gasteiger partial charge in [0.25, 0.3) is 0 Å². The molecule has 1 aliphatic rings. The van der Waals surface area contributed by atoms with Gasteiger partial charge in [-0.3, -0.25) is 0 Å². The van der Waals surface area contributed by atoms with Crippen molar-refractivity contribution in [1.82, 2.24) is 0 Å². The molecule has 0 heterocycles. The highest BCUT2D eigenvalue weighted by Gasteiger charge is 2.69. The third-order valence-electron chi connectivity index (χ3n) is 5.67. The number of unbranched alkanes of at least 4 members (excludes halogenated alkanes) is 3. The molecule has 0 aliphatic heterocycles. The molecule has 156 valence electrons. The van der Waals surface area contributed by atoms with Crippen LogP contribution in [0.4, 0.5) is 0 Å². The zero-order valence-electron chi connectivity index (χ0n) is 17.4. The standard InChI is InChI=1S/C19H38OS6/c1-7-11-12-13-14-17(5)18(6,24-22-9-3)15-19(17,16-23-21-8-2)25-26(20)10-4/h7-16H2,1-6H3. The van der Waals surface area contributed by atoms with Gasteiger partial charge in [-0.05, 0) is 25.2 Å². The average Bonchev–Trinajstić information content (AvgIpc) is 2.63. The lowest BCUT2D eigenvalue weighted by Gasteiger charge is -2.68. The maximum absolute atomic E-state index is 12.6. The molecule has 0 radical (unpaired) electrons. The predicted octanol–water partition coefficient (Wildman–Crippen LogP) is 8.08. The summed E-state index contributed by atoms with van der Waals surface area (Å²) in [4.78, 5) is 0. The van der Waals surface area contributed by atoms with Crippen LogP contribution in [0.3, 0.4) is 0 Å². The molecular formula is C19H38OS6. The van der Waals surface area contributed by atoms with Crippen LogP contribution in [0, 0.1) is 5.41 Å². The van der Waals surface area contributed by atoms with Crippen molar-refractivity contribution < 1.29 is 4.21 Å². The second kappa shape index (κ2) is 12.6. The summed E-state index contributed by atoms with van der Waals surface area (Å²) in [6, 6.07) is 0. The Bertz CT molecular complexity index is 434. The van der Waals surface area contributed by atoms with E-state index in [2.05, 4.69) is 52.3 Å². The minimum Gasteiger partial charge on any atom is -0.248 e. The number of rotatable bonds is 15. The van der Waals surface area contributed by atoms with Gasteiger partial charge in [0.2, 0.25) is 0 Å². The van der Waals surface area contributed by atoms with E-state index in [1.165, 1.54) is 38.5 Å². The molecule has 1 fully saturated rings. The zero-order valence-corrected chi connectivity index (χ0v) is 22.3. The Kier molecular flexibility index (Phi) is 12.5. The molecule has 4 atom stereocenters. The summed E-state index contributed by atoms with van der Waals surface area (Å²) in [6.07, 6.45) is 7.73. The molecule has 0 aromatic rings. The molecular weight excluding hydrogens is 437 g/mol. The predicted molar refractivity (Wildman–Crippen MR) is 135 cm³/mol. The van der Waals surface area contributed by atoms with Gasteiger partial charge >= 0.3 is 0 Å². The lowest BCUT2D eigenvalue weighted by Crippen LogP contribution is -2.69. The van der Waals surface area contributed by atoms with Crippen LogP contribution in [0.2, 0.25) is 0 Å². The van der Waals surface area contributed by atoms with Gasteiger partial charge in [-0.15, -0.1) is 0 Å². The summed E-state index contributed by atoms with van der Waals surface area (Å²) in [5.74, 6) is 4.19. The highest BCUT2D eigenvalue weighted by Crippen LogP contribution is 2.73. The van der Waals surface area contributed by atoms with E-state index in [0.717, 1.165) is 23.0 Å². The summed E-state index contributed by atoms with van der Waals surface area (Å²) >= 11 is 0. The van der Waals surface area contributed by atoms with Crippen molar-refractivity contribution in [1.29, 1.82) is 0 Å². The Morgan fingerprint density at radius 1 is 0.923 bits per heavy atom. The maximum atomic E-state index is 12.6. The monoisotopic (exact) mass is 474 g/mol. The average molecular weight is 475 g/mol. The molecule has 1 nitrogen and oxygen atoms in total.